The third kappa shape index (κ3) is 6.39. The van der Waals surface area contributed by atoms with Gasteiger partial charge >= 0.3 is 12.3 Å². The van der Waals surface area contributed by atoms with Crippen molar-refractivity contribution in [2.75, 3.05) is 25.0 Å². The molecule has 0 aliphatic carbocycles. The number of carbonyl (C=O) groups is 2. The summed E-state index contributed by atoms with van der Waals surface area (Å²) in [6, 6.07) is 8.00. The number of halogens is 3. The molecule has 31 heavy (non-hydrogen) atoms. The fourth-order valence-corrected chi connectivity index (χ4v) is 3.92. The van der Waals surface area contributed by atoms with E-state index in [0.29, 0.717) is 28.9 Å². The van der Waals surface area contributed by atoms with E-state index in [0.717, 1.165) is 5.56 Å². The molecule has 0 spiro atoms. The van der Waals surface area contributed by atoms with Crippen molar-refractivity contribution in [1.29, 1.82) is 0 Å². The number of carbonyl (C=O) groups excluding carboxylic acids is 2. The van der Waals surface area contributed by atoms with Gasteiger partial charge in [-0.1, -0.05) is 49.4 Å². The van der Waals surface area contributed by atoms with Gasteiger partial charge in [-0.25, -0.2) is 4.79 Å². The van der Waals surface area contributed by atoms with E-state index in [4.69, 9.17) is 0 Å². The van der Waals surface area contributed by atoms with Crippen LogP contribution in [0.4, 0.5) is 23.1 Å². The van der Waals surface area contributed by atoms with Gasteiger partial charge in [0.1, 0.15) is 5.01 Å². The molecule has 1 saturated heterocycles. The van der Waals surface area contributed by atoms with Gasteiger partial charge in [0.25, 0.3) is 0 Å². The third-order valence-electron chi connectivity index (χ3n) is 4.96. The summed E-state index contributed by atoms with van der Waals surface area (Å²) >= 11 is 1.26. The van der Waals surface area contributed by atoms with Crippen molar-refractivity contribution in [3.8, 4) is 10.6 Å². The number of aromatic nitrogens is 2. The fourth-order valence-electron chi connectivity index (χ4n) is 3.17. The van der Waals surface area contributed by atoms with Crippen molar-refractivity contribution in [3.05, 3.63) is 29.8 Å². The highest BCUT2D eigenvalue weighted by molar-refractivity contribution is 7.18. The Balaban J connectivity index is 1.50. The number of ether oxygens (including phenoxy) is 1. The maximum atomic E-state index is 12.5. The number of alkyl halides is 3. The van der Waals surface area contributed by atoms with Crippen LogP contribution in [0.3, 0.4) is 0 Å². The Morgan fingerprint density at radius 1 is 1.19 bits per heavy atom. The number of nitrogens with one attached hydrogen (secondary N) is 1. The first kappa shape index (κ1) is 23.0. The normalized spacial score (nSPS) is 15.2. The van der Waals surface area contributed by atoms with Crippen molar-refractivity contribution < 1.29 is 27.5 Å². The summed E-state index contributed by atoms with van der Waals surface area (Å²) in [6.07, 6.45) is -4.93. The standard InChI is InChI=1S/C20H23F3N4O3S/c1-12(2)13-3-5-15(6-4-13)17-25-26-18(31-17)24-16(28)14-7-9-27(10-8-14)19(29)30-11-20(21,22)23/h3-6,12,14H,7-11H2,1-2H3,(H,24,26,28). The van der Waals surface area contributed by atoms with Crippen LogP contribution in [0, 0.1) is 5.92 Å². The number of amides is 2. The van der Waals surface area contributed by atoms with Gasteiger partial charge in [0.2, 0.25) is 11.0 Å². The molecule has 0 unspecified atom stereocenters. The number of nitrogens with zero attached hydrogens (tertiary/aromatic N) is 3. The lowest BCUT2D eigenvalue weighted by atomic mass is 9.96. The summed E-state index contributed by atoms with van der Waals surface area (Å²) in [7, 11) is 0. The van der Waals surface area contributed by atoms with Crippen LogP contribution < -0.4 is 5.32 Å². The SMILES string of the molecule is CC(C)c1ccc(-c2nnc(NC(=O)C3CCN(C(=O)OCC(F)(F)F)CC3)s2)cc1. The van der Waals surface area contributed by atoms with Crippen LogP contribution in [0.5, 0.6) is 0 Å². The van der Waals surface area contributed by atoms with E-state index in [-0.39, 0.29) is 24.9 Å². The molecule has 2 amide bonds. The minimum Gasteiger partial charge on any atom is -0.440 e. The number of hydrogen-bond donors (Lipinski definition) is 1. The van der Waals surface area contributed by atoms with Crippen LogP contribution in [0.2, 0.25) is 0 Å². The summed E-state index contributed by atoms with van der Waals surface area (Å²) in [5, 5.41) is 12.0. The summed E-state index contributed by atoms with van der Waals surface area (Å²) in [5.74, 6) is -0.193. The molecule has 0 radical (unpaired) electrons. The fraction of sp³-hybridized carbons (Fsp3) is 0.500. The van der Waals surface area contributed by atoms with Crippen molar-refractivity contribution in [1.82, 2.24) is 15.1 Å². The van der Waals surface area contributed by atoms with Gasteiger partial charge in [-0.05, 0) is 24.3 Å². The molecular formula is C20H23F3N4O3S. The first-order chi connectivity index (χ1) is 14.6. The number of rotatable bonds is 5. The van der Waals surface area contributed by atoms with Gasteiger partial charge in [0.15, 0.2) is 6.61 Å². The molecule has 168 valence electrons. The Hall–Kier alpha value is -2.69. The highest BCUT2D eigenvalue weighted by Crippen LogP contribution is 2.29. The van der Waals surface area contributed by atoms with Crippen molar-refractivity contribution in [3.63, 3.8) is 0 Å². The van der Waals surface area contributed by atoms with Gasteiger partial charge in [-0.15, -0.1) is 10.2 Å². The van der Waals surface area contributed by atoms with E-state index < -0.39 is 18.9 Å². The Morgan fingerprint density at radius 3 is 2.42 bits per heavy atom. The van der Waals surface area contributed by atoms with Crippen LogP contribution in [0.1, 0.15) is 38.2 Å². The van der Waals surface area contributed by atoms with Gasteiger partial charge in [-0.2, -0.15) is 13.2 Å². The van der Waals surface area contributed by atoms with Gasteiger partial charge in [-0.3, -0.25) is 4.79 Å². The third-order valence-corrected chi connectivity index (χ3v) is 5.85. The molecule has 2 heterocycles. The van der Waals surface area contributed by atoms with Crippen molar-refractivity contribution >= 4 is 28.5 Å². The van der Waals surface area contributed by atoms with Gasteiger partial charge in [0.05, 0.1) is 0 Å². The number of hydrogen-bond acceptors (Lipinski definition) is 6. The lowest BCUT2D eigenvalue weighted by molar-refractivity contribution is -0.162. The van der Waals surface area contributed by atoms with Crippen LogP contribution in [-0.4, -0.2) is 53.0 Å². The Labute approximate surface area is 181 Å². The lowest BCUT2D eigenvalue weighted by Gasteiger charge is -2.30. The Kier molecular flexibility index (Phi) is 7.14. The van der Waals surface area contributed by atoms with Crippen molar-refractivity contribution in [2.24, 2.45) is 5.92 Å². The number of anilines is 1. The minimum absolute atomic E-state index is 0.151. The average molecular weight is 456 g/mol. The summed E-state index contributed by atoms with van der Waals surface area (Å²) in [4.78, 5) is 25.4. The lowest BCUT2D eigenvalue weighted by Crippen LogP contribution is -2.42. The Morgan fingerprint density at radius 2 is 1.84 bits per heavy atom. The molecule has 1 aromatic heterocycles. The highest BCUT2D eigenvalue weighted by atomic mass is 32.1. The summed E-state index contributed by atoms with van der Waals surface area (Å²) in [6.45, 7) is 2.91. The van der Waals surface area contributed by atoms with E-state index >= 15 is 0 Å². The molecule has 1 N–H and O–H groups in total. The monoisotopic (exact) mass is 456 g/mol. The zero-order valence-corrected chi connectivity index (χ0v) is 17.9. The quantitative estimate of drug-likeness (QED) is 0.706. The topological polar surface area (TPSA) is 84.4 Å². The second kappa shape index (κ2) is 9.63. The average Bonchev–Trinajstić information content (AvgIpc) is 3.20. The molecule has 3 rings (SSSR count). The van der Waals surface area contributed by atoms with E-state index in [9.17, 15) is 22.8 Å². The highest BCUT2D eigenvalue weighted by Gasteiger charge is 2.33. The van der Waals surface area contributed by atoms with Crippen LogP contribution in [-0.2, 0) is 9.53 Å². The van der Waals surface area contributed by atoms with E-state index in [1.165, 1.54) is 21.8 Å². The van der Waals surface area contributed by atoms with Gasteiger partial charge in [0, 0.05) is 24.6 Å². The van der Waals surface area contributed by atoms with E-state index in [1.54, 1.807) is 0 Å². The minimum atomic E-state index is -4.56. The summed E-state index contributed by atoms with van der Waals surface area (Å²) in [5.41, 5.74) is 2.13. The zero-order chi connectivity index (χ0) is 22.6. The van der Waals surface area contributed by atoms with Crippen LogP contribution >= 0.6 is 11.3 Å². The maximum absolute atomic E-state index is 12.5. The largest absolute Gasteiger partial charge is 0.440 e. The number of piperidine rings is 1. The van der Waals surface area contributed by atoms with Crippen molar-refractivity contribution in [2.45, 2.75) is 38.8 Å². The van der Waals surface area contributed by atoms with Crippen LogP contribution in [0.15, 0.2) is 24.3 Å². The van der Waals surface area contributed by atoms with Crippen LogP contribution in [0.25, 0.3) is 10.6 Å². The molecule has 0 saturated carbocycles. The van der Waals surface area contributed by atoms with E-state index in [2.05, 4.69) is 34.1 Å². The maximum Gasteiger partial charge on any atom is 0.422 e. The van der Waals surface area contributed by atoms with E-state index in [1.807, 2.05) is 24.3 Å². The number of benzene rings is 1. The molecule has 1 aromatic carbocycles. The molecule has 7 nitrogen and oxygen atoms in total. The zero-order valence-electron chi connectivity index (χ0n) is 17.1. The molecule has 1 fully saturated rings. The first-order valence-electron chi connectivity index (χ1n) is 9.85. The molecule has 1 aliphatic rings. The van der Waals surface area contributed by atoms with Gasteiger partial charge < -0.3 is 15.0 Å². The predicted octanol–water partition coefficient (Wildman–Crippen LogP) is 4.68. The number of likely N-dealkylation sites (tertiary alicyclic amines) is 1. The molecule has 2 aromatic rings. The molecule has 0 atom stereocenters. The first-order valence-corrected chi connectivity index (χ1v) is 10.7. The molecule has 11 heteroatoms. The second-order valence-electron chi connectivity index (χ2n) is 7.61. The predicted molar refractivity (Wildman–Crippen MR) is 110 cm³/mol. The smallest absolute Gasteiger partial charge is 0.422 e. The summed E-state index contributed by atoms with van der Waals surface area (Å²) < 4.78 is 40.7. The Bertz CT molecular complexity index is 907. The molecule has 1 aliphatic heterocycles. The second-order valence-corrected chi connectivity index (χ2v) is 8.59. The molecule has 0 bridgehead atoms. The molecular weight excluding hydrogens is 433 g/mol.